The van der Waals surface area contributed by atoms with E-state index in [0.717, 1.165) is 72.3 Å². The highest BCUT2D eigenvalue weighted by molar-refractivity contribution is 5.31. The van der Waals surface area contributed by atoms with Gasteiger partial charge in [-0.2, -0.15) is 43.9 Å². The Morgan fingerprint density at radius 2 is 0.597 bits per heavy atom. The van der Waals surface area contributed by atoms with E-state index in [-0.39, 0.29) is 0 Å². The molecule has 0 saturated heterocycles. The first-order valence-electron chi connectivity index (χ1n) is 26.3. The largest absolute Gasteiger partial charge is 0.499 e. The Morgan fingerprint density at radius 3 is 0.881 bits per heavy atom. The van der Waals surface area contributed by atoms with Gasteiger partial charge in [-0.3, -0.25) is 0 Å². The summed E-state index contributed by atoms with van der Waals surface area (Å²) >= 11 is 0. The second-order valence-electron chi connectivity index (χ2n) is 21.1. The van der Waals surface area contributed by atoms with E-state index < -0.39 is 36.1 Å². The van der Waals surface area contributed by atoms with Crippen molar-refractivity contribution in [2.24, 2.45) is 35.5 Å². The molecule has 4 fully saturated rings. The summed E-state index contributed by atoms with van der Waals surface area (Å²) in [6.45, 7) is 4.53. The van der Waals surface area contributed by atoms with Crippen LogP contribution in [0.3, 0.4) is 0 Å². The van der Waals surface area contributed by atoms with Crippen molar-refractivity contribution < 1.29 is 53.4 Å². The van der Waals surface area contributed by atoms with Crippen LogP contribution in [0.4, 0.5) is 43.9 Å². The van der Waals surface area contributed by atoms with Crippen molar-refractivity contribution in [2.45, 2.75) is 236 Å². The van der Waals surface area contributed by atoms with Crippen LogP contribution in [0.15, 0.2) is 48.5 Å². The topological polar surface area (TPSA) is 18.5 Å². The van der Waals surface area contributed by atoms with Crippen molar-refractivity contribution in [2.75, 3.05) is 0 Å². The van der Waals surface area contributed by atoms with Crippen molar-refractivity contribution >= 4 is 0 Å². The zero-order chi connectivity index (χ0) is 48.5. The molecule has 2 nitrogen and oxygen atoms in total. The van der Waals surface area contributed by atoms with Gasteiger partial charge in [0.15, 0.2) is 0 Å². The minimum Gasteiger partial charge on any atom is -0.426 e. The van der Waals surface area contributed by atoms with Crippen LogP contribution >= 0.6 is 0 Å². The number of halogens is 10. The highest BCUT2D eigenvalue weighted by atomic mass is 19.4. The first kappa shape index (κ1) is 55.3. The second kappa shape index (κ2) is 26.5. The molecule has 0 unspecified atom stereocenters. The molecule has 0 heterocycles. The van der Waals surface area contributed by atoms with E-state index in [1.54, 1.807) is 24.3 Å². The van der Waals surface area contributed by atoms with Crippen molar-refractivity contribution in [1.29, 1.82) is 0 Å². The van der Waals surface area contributed by atoms with Gasteiger partial charge >= 0.3 is 24.6 Å². The Kier molecular flexibility index (Phi) is 21.9. The summed E-state index contributed by atoms with van der Waals surface area (Å²) in [5.74, 6) is 4.99. The normalized spacial score (nSPS) is 26.6. The van der Waals surface area contributed by atoms with E-state index in [1.165, 1.54) is 185 Å². The SMILES string of the molecule is CCCCCC1CCC(CCC2CCC(c3ccc(OC(F)(F)C(F)(F)F)cc3)CC2)CC1.CCCCCCC1CCC(CCC2CCC(c3ccc(OC(F)(F)C(F)(F)F)cc3)CC2)CC1. The van der Waals surface area contributed by atoms with Gasteiger partial charge in [0.05, 0.1) is 0 Å². The smallest absolute Gasteiger partial charge is 0.426 e. The van der Waals surface area contributed by atoms with E-state index in [9.17, 15) is 43.9 Å². The van der Waals surface area contributed by atoms with E-state index in [4.69, 9.17) is 0 Å². The van der Waals surface area contributed by atoms with Crippen LogP contribution in [-0.4, -0.2) is 24.6 Å². The van der Waals surface area contributed by atoms with Gasteiger partial charge in [0.25, 0.3) is 0 Å². The Bertz CT molecular complexity index is 1630. The Balaban J connectivity index is 0.000000251. The van der Waals surface area contributed by atoms with Crippen LogP contribution in [-0.2, 0) is 0 Å². The average Bonchev–Trinajstić information content (AvgIpc) is 3.30. The van der Waals surface area contributed by atoms with Crippen molar-refractivity contribution in [3.8, 4) is 11.5 Å². The molecule has 382 valence electrons. The summed E-state index contributed by atoms with van der Waals surface area (Å²) in [4.78, 5) is 0. The molecule has 0 N–H and O–H groups in total. The number of hydrogen-bond donors (Lipinski definition) is 0. The van der Waals surface area contributed by atoms with E-state index >= 15 is 0 Å². The molecule has 2 aromatic carbocycles. The first-order valence-corrected chi connectivity index (χ1v) is 26.3. The molecule has 2 aromatic rings. The summed E-state index contributed by atoms with van der Waals surface area (Å²) in [5, 5.41) is 0. The third-order valence-corrected chi connectivity index (χ3v) is 16.1. The summed E-state index contributed by atoms with van der Waals surface area (Å²) in [6.07, 6.45) is 16.0. The van der Waals surface area contributed by atoms with Gasteiger partial charge in [-0.15, -0.1) is 0 Å². The van der Waals surface area contributed by atoms with E-state index in [0.29, 0.717) is 11.8 Å². The molecule has 0 aromatic heterocycles. The molecule has 67 heavy (non-hydrogen) atoms. The summed E-state index contributed by atoms with van der Waals surface area (Å²) < 4.78 is 134. The fourth-order valence-electron chi connectivity index (χ4n) is 11.7. The van der Waals surface area contributed by atoms with Crippen LogP contribution in [0.2, 0.25) is 0 Å². The van der Waals surface area contributed by atoms with Crippen molar-refractivity contribution in [1.82, 2.24) is 0 Å². The molecule has 12 heteroatoms. The maximum atomic E-state index is 13.1. The number of unbranched alkanes of at least 4 members (excludes halogenated alkanes) is 5. The van der Waals surface area contributed by atoms with Crippen LogP contribution in [0.25, 0.3) is 0 Å². The molecule has 0 spiro atoms. The van der Waals surface area contributed by atoms with Gasteiger partial charge < -0.3 is 9.47 Å². The van der Waals surface area contributed by atoms with Crippen LogP contribution in [0.1, 0.15) is 223 Å². The average molecular weight is 963 g/mol. The zero-order valence-electron chi connectivity index (χ0n) is 40.3. The van der Waals surface area contributed by atoms with Crippen LogP contribution < -0.4 is 9.47 Å². The lowest BCUT2D eigenvalue weighted by atomic mass is 9.74. The molecule has 0 bridgehead atoms. The van der Waals surface area contributed by atoms with Gasteiger partial charge in [-0.25, -0.2) is 0 Å². The Hall–Kier alpha value is -2.66. The molecular formula is C55H80F10O2. The van der Waals surface area contributed by atoms with Gasteiger partial charge in [0, 0.05) is 0 Å². The van der Waals surface area contributed by atoms with Crippen LogP contribution in [0.5, 0.6) is 11.5 Å². The second-order valence-corrected chi connectivity index (χ2v) is 21.1. The maximum absolute atomic E-state index is 13.1. The highest BCUT2D eigenvalue weighted by Gasteiger charge is 2.62. The predicted molar refractivity (Wildman–Crippen MR) is 248 cm³/mol. The van der Waals surface area contributed by atoms with Gasteiger partial charge in [-0.05, 0) is 134 Å². The summed E-state index contributed by atoms with van der Waals surface area (Å²) in [7, 11) is 0. The molecule has 0 radical (unpaired) electrons. The summed E-state index contributed by atoms with van der Waals surface area (Å²) in [6, 6.07) is 11.4. The van der Waals surface area contributed by atoms with Gasteiger partial charge in [-0.1, -0.05) is 173 Å². The van der Waals surface area contributed by atoms with Gasteiger partial charge in [0.1, 0.15) is 11.5 Å². The van der Waals surface area contributed by atoms with E-state index in [2.05, 4.69) is 23.3 Å². The van der Waals surface area contributed by atoms with Gasteiger partial charge in [0.2, 0.25) is 0 Å². The molecule has 4 aliphatic rings. The monoisotopic (exact) mass is 963 g/mol. The molecule has 4 saturated carbocycles. The minimum atomic E-state index is -5.72. The quantitative estimate of drug-likeness (QED) is 0.0917. The fourth-order valence-corrected chi connectivity index (χ4v) is 11.7. The lowest BCUT2D eigenvalue weighted by Crippen LogP contribution is -2.41. The third-order valence-electron chi connectivity index (χ3n) is 16.1. The Morgan fingerprint density at radius 1 is 0.343 bits per heavy atom. The lowest BCUT2D eigenvalue weighted by molar-refractivity contribution is -0.360. The molecule has 4 aliphatic carbocycles. The number of hydrogen-bond acceptors (Lipinski definition) is 2. The predicted octanol–water partition coefficient (Wildman–Crippen LogP) is 19.7. The van der Waals surface area contributed by atoms with Crippen molar-refractivity contribution in [3.05, 3.63) is 59.7 Å². The standard InChI is InChI=1S/C28H41F5O.C27H39F5O/c1-2-3-4-5-6-21-7-9-22(10-8-21)11-12-23-13-15-24(16-14-23)25-17-19-26(20-18-25)34-28(32,33)27(29,30)31;1-2-3-4-5-20-6-8-21(9-7-20)10-11-22-12-14-23(15-13-22)24-16-18-25(19-17-24)33-27(31,32)26(28,29)30/h17-24H,2-16H2,1H3;16-23H,2-15H2,1H3. The van der Waals surface area contributed by atoms with Crippen LogP contribution in [0, 0.1) is 35.5 Å². The van der Waals surface area contributed by atoms with E-state index in [1.807, 2.05) is 0 Å². The molecule has 0 atom stereocenters. The number of alkyl halides is 10. The highest BCUT2D eigenvalue weighted by Crippen LogP contribution is 2.44. The molecule has 0 aliphatic heterocycles. The maximum Gasteiger partial charge on any atom is 0.499 e. The summed E-state index contributed by atoms with van der Waals surface area (Å²) in [5.41, 5.74) is 2.00. The number of rotatable bonds is 21. The molecule has 6 rings (SSSR count). The molecular weight excluding hydrogens is 883 g/mol. The first-order chi connectivity index (χ1) is 31.9. The van der Waals surface area contributed by atoms with Crippen molar-refractivity contribution in [3.63, 3.8) is 0 Å². The molecule has 0 amide bonds. The lowest BCUT2D eigenvalue weighted by Gasteiger charge is -2.32. The number of ether oxygens (including phenoxy) is 2. The fraction of sp³-hybridized carbons (Fsp3) is 0.782. The number of benzene rings is 2. The Labute approximate surface area is 395 Å². The third kappa shape index (κ3) is 18.2. The zero-order valence-corrected chi connectivity index (χ0v) is 40.3. The minimum absolute atomic E-state index is 0.344.